The predicted molar refractivity (Wildman–Crippen MR) is 114 cm³/mol. The van der Waals surface area contributed by atoms with E-state index in [0.29, 0.717) is 34.8 Å². The Labute approximate surface area is 181 Å². The zero-order chi connectivity index (χ0) is 22.4. The van der Waals surface area contributed by atoms with Crippen LogP contribution in [0.25, 0.3) is 0 Å². The van der Waals surface area contributed by atoms with Gasteiger partial charge in [0.2, 0.25) is 0 Å². The molecule has 0 fully saturated rings. The molecule has 0 unspecified atom stereocenters. The first-order chi connectivity index (χ1) is 15.0. The van der Waals surface area contributed by atoms with Gasteiger partial charge in [0.1, 0.15) is 6.61 Å². The van der Waals surface area contributed by atoms with E-state index in [9.17, 15) is 9.59 Å². The van der Waals surface area contributed by atoms with Gasteiger partial charge >= 0.3 is 11.9 Å². The largest absolute Gasteiger partial charge is 0.493 e. The van der Waals surface area contributed by atoms with Crippen molar-refractivity contribution in [1.29, 1.82) is 0 Å². The molecular weight excluding hydrogens is 398 g/mol. The van der Waals surface area contributed by atoms with Crippen LogP contribution in [0.1, 0.15) is 17.0 Å². The third kappa shape index (κ3) is 4.88. The van der Waals surface area contributed by atoms with Crippen molar-refractivity contribution in [3.8, 4) is 11.5 Å². The van der Waals surface area contributed by atoms with Gasteiger partial charge < -0.3 is 23.8 Å². The van der Waals surface area contributed by atoms with E-state index in [-0.39, 0.29) is 0 Å². The number of nitrogens with zero attached hydrogens (tertiary/aromatic N) is 1. The van der Waals surface area contributed by atoms with E-state index in [0.717, 1.165) is 5.56 Å². The van der Waals surface area contributed by atoms with Crippen molar-refractivity contribution in [1.82, 2.24) is 4.90 Å². The van der Waals surface area contributed by atoms with Gasteiger partial charge in [-0.05, 0) is 23.3 Å². The van der Waals surface area contributed by atoms with Crippen LogP contribution in [0.5, 0.6) is 11.5 Å². The molecule has 7 heteroatoms. The van der Waals surface area contributed by atoms with Gasteiger partial charge in [-0.2, -0.15) is 0 Å². The average Bonchev–Trinajstić information content (AvgIpc) is 2.81. The lowest BCUT2D eigenvalue weighted by molar-refractivity contribution is -0.137. The average molecular weight is 423 g/mol. The molecule has 1 aliphatic rings. The molecule has 0 saturated carbocycles. The Hall–Kier alpha value is -3.74. The lowest BCUT2D eigenvalue weighted by Crippen LogP contribution is -2.27. The van der Waals surface area contributed by atoms with E-state index >= 15 is 0 Å². The number of carbonyl (C=O) groups is 2. The Morgan fingerprint density at radius 2 is 1.48 bits per heavy atom. The smallest absolute Gasteiger partial charge is 0.336 e. The highest BCUT2D eigenvalue weighted by Crippen LogP contribution is 2.40. The van der Waals surface area contributed by atoms with Gasteiger partial charge in [0.05, 0.1) is 38.4 Å². The standard InChI is InChI=1S/C24H25NO6/c1-25-13-18(23(26)29-3)22(19(14-25)24(27)30-4)17-10-11-20(21(12-17)28-2)31-15-16-8-6-5-7-9-16/h5-14,22H,15H2,1-4H3. The van der Waals surface area contributed by atoms with Gasteiger partial charge in [-0.3, -0.25) is 0 Å². The van der Waals surface area contributed by atoms with Crippen LogP contribution in [0.2, 0.25) is 0 Å². The number of hydrogen-bond acceptors (Lipinski definition) is 7. The van der Waals surface area contributed by atoms with Crippen molar-refractivity contribution < 1.29 is 28.5 Å². The van der Waals surface area contributed by atoms with Crippen LogP contribution in [0, 0.1) is 0 Å². The van der Waals surface area contributed by atoms with Crippen LogP contribution in [0.3, 0.4) is 0 Å². The Balaban J connectivity index is 1.97. The quantitative estimate of drug-likeness (QED) is 0.632. The maximum atomic E-state index is 12.5. The lowest BCUT2D eigenvalue weighted by Gasteiger charge is -2.28. The number of ether oxygens (including phenoxy) is 4. The minimum absolute atomic E-state index is 0.313. The van der Waals surface area contributed by atoms with E-state index < -0.39 is 17.9 Å². The summed E-state index contributed by atoms with van der Waals surface area (Å²) in [6, 6.07) is 15.1. The Morgan fingerprint density at radius 3 is 2.03 bits per heavy atom. The van der Waals surface area contributed by atoms with Crippen LogP contribution in [-0.2, 0) is 25.7 Å². The van der Waals surface area contributed by atoms with Crippen molar-refractivity contribution in [2.45, 2.75) is 12.5 Å². The molecule has 2 aromatic carbocycles. The van der Waals surface area contributed by atoms with Gasteiger partial charge in [0, 0.05) is 19.4 Å². The van der Waals surface area contributed by atoms with E-state index in [1.807, 2.05) is 30.3 Å². The van der Waals surface area contributed by atoms with Crippen LogP contribution < -0.4 is 9.47 Å². The zero-order valence-electron chi connectivity index (χ0n) is 18.0. The number of benzene rings is 2. The summed E-state index contributed by atoms with van der Waals surface area (Å²) in [4.78, 5) is 26.6. The topological polar surface area (TPSA) is 74.3 Å². The zero-order valence-corrected chi connectivity index (χ0v) is 18.0. The van der Waals surface area contributed by atoms with Gasteiger partial charge in [-0.1, -0.05) is 36.4 Å². The van der Waals surface area contributed by atoms with E-state index in [1.165, 1.54) is 21.3 Å². The van der Waals surface area contributed by atoms with Crippen molar-refractivity contribution in [3.05, 3.63) is 83.2 Å². The van der Waals surface area contributed by atoms with Crippen molar-refractivity contribution >= 4 is 11.9 Å². The highest BCUT2D eigenvalue weighted by atomic mass is 16.5. The molecule has 0 amide bonds. The molecular formula is C24H25NO6. The van der Waals surface area contributed by atoms with Crippen molar-refractivity contribution in [3.63, 3.8) is 0 Å². The second-order valence-electron chi connectivity index (χ2n) is 6.94. The molecule has 0 bridgehead atoms. The fraction of sp³-hybridized carbons (Fsp3) is 0.250. The summed E-state index contributed by atoms with van der Waals surface area (Å²) in [7, 11) is 5.87. The molecule has 31 heavy (non-hydrogen) atoms. The summed E-state index contributed by atoms with van der Waals surface area (Å²) in [6.45, 7) is 0.380. The summed E-state index contributed by atoms with van der Waals surface area (Å²) in [5.74, 6) is -0.700. The molecule has 0 aromatic heterocycles. The number of esters is 2. The predicted octanol–water partition coefficient (Wildman–Crippen LogP) is 3.42. The summed E-state index contributed by atoms with van der Waals surface area (Å²) in [6.07, 6.45) is 3.27. The number of methoxy groups -OCH3 is 3. The minimum Gasteiger partial charge on any atom is -0.493 e. The monoisotopic (exact) mass is 423 g/mol. The molecule has 0 atom stereocenters. The molecule has 0 spiro atoms. The normalized spacial score (nSPS) is 13.7. The van der Waals surface area contributed by atoms with Crippen molar-refractivity contribution in [2.24, 2.45) is 0 Å². The molecule has 0 aliphatic carbocycles. The highest BCUT2D eigenvalue weighted by Gasteiger charge is 2.35. The molecule has 0 N–H and O–H groups in total. The number of hydrogen-bond donors (Lipinski definition) is 0. The maximum Gasteiger partial charge on any atom is 0.336 e. The Morgan fingerprint density at radius 1 is 0.871 bits per heavy atom. The van der Waals surface area contributed by atoms with Gasteiger partial charge in [-0.25, -0.2) is 9.59 Å². The number of carbonyl (C=O) groups excluding carboxylic acids is 2. The molecule has 0 saturated heterocycles. The van der Waals surface area contributed by atoms with Crippen LogP contribution in [0.4, 0.5) is 0 Å². The summed E-state index contributed by atoms with van der Waals surface area (Å²) in [5.41, 5.74) is 2.32. The fourth-order valence-corrected chi connectivity index (χ4v) is 3.45. The molecule has 1 heterocycles. The second kappa shape index (κ2) is 9.84. The molecule has 7 nitrogen and oxygen atoms in total. The van der Waals surface area contributed by atoms with E-state index in [4.69, 9.17) is 18.9 Å². The first-order valence-electron chi connectivity index (χ1n) is 9.65. The first-order valence-corrected chi connectivity index (χ1v) is 9.65. The van der Waals surface area contributed by atoms with Crippen molar-refractivity contribution in [2.75, 3.05) is 28.4 Å². The summed E-state index contributed by atoms with van der Waals surface area (Å²) >= 11 is 0. The molecule has 0 radical (unpaired) electrons. The molecule has 1 aliphatic heterocycles. The lowest BCUT2D eigenvalue weighted by atomic mass is 9.83. The first kappa shape index (κ1) is 22.0. The Kier molecular flexibility index (Phi) is 6.97. The van der Waals surface area contributed by atoms with Crippen LogP contribution in [0.15, 0.2) is 72.1 Å². The van der Waals surface area contributed by atoms with Gasteiger partial charge in [-0.15, -0.1) is 0 Å². The third-order valence-corrected chi connectivity index (χ3v) is 4.91. The van der Waals surface area contributed by atoms with Gasteiger partial charge in [0.15, 0.2) is 11.5 Å². The number of rotatable bonds is 7. The Bertz CT molecular complexity index is 978. The highest BCUT2D eigenvalue weighted by molar-refractivity contribution is 5.98. The second-order valence-corrected chi connectivity index (χ2v) is 6.94. The third-order valence-electron chi connectivity index (χ3n) is 4.91. The van der Waals surface area contributed by atoms with Crippen LogP contribution in [-0.4, -0.2) is 45.2 Å². The van der Waals surface area contributed by atoms with Gasteiger partial charge in [0.25, 0.3) is 0 Å². The fourth-order valence-electron chi connectivity index (χ4n) is 3.45. The summed E-state index contributed by atoms with van der Waals surface area (Å²) in [5, 5.41) is 0. The maximum absolute atomic E-state index is 12.5. The van der Waals surface area contributed by atoms with E-state index in [1.54, 1.807) is 42.5 Å². The molecule has 3 rings (SSSR count). The molecule has 2 aromatic rings. The van der Waals surface area contributed by atoms with Crippen LogP contribution >= 0.6 is 0 Å². The van der Waals surface area contributed by atoms with E-state index in [2.05, 4.69) is 0 Å². The molecule has 162 valence electrons. The summed E-state index contributed by atoms with van der Waals surface area (Å²) < 4.78 is 21.3. The SMILES string of the molecule is COC(=O)C1=CN(C)C=C(C(=O)OC)C1c1ccc(OCc2ccccc2)c(OC)c1. The minimum atomic E-state index is -0.673.